The van der Waals surface area contributed by atoms with Crippen molar-refractivity contribution in [3.8, 4) is 0 Å². The Kier molecular flexibility index (Phi) is 5.83. The van der Waals surface area contributed by atoms with E-state index in [0.717, 1.165) is 25.1 Å². The van der Waals surface area contributed by atoms with Crippen molar-refractivity contribution in [2.24, 2.45) is 11.8 Å². The van der Waals surface area contributed by atoms with E-state index in [-0.39, 0.29) is 12.6 Å². The van der Waals surface area contributed by atoms with Gasteiger partial charge in [-0.25, -0.2) is 4.79 Å². The molecule has 0 bridgehead atoms. The molecule has 22 heavy (non-hydrogen) atoms. The number of hydrogen-bond acceptors (Lipinski definition) is 2. The van der Waals surface area contributed by atoms with E-state index in [2.05, 4.69) is 32.2 Å². The fourth-order valence-electron chi connectivity index (χ4n) is 3.29. The van der Waals surface area contributed by atoms with Gasteiger partial charge in [-0.15, -0.1) is 0 Å². The lowest BCUT2D eigenvalue weighted by Gasteiger charge is -2.22. The zero-order chi connectivity index (χ0) is 16.1. The van der Waals surface area contributed by atoms with Gasteiger partial charge >= 0.3 is 6.03 Å². The Hall–Kier alpha value is -1.55. The lowest BCUT2D eigenvalue weighted by Crippen LogP contribution is -2.41. The van der Waals surface area contributed by atoms with Gasteiger partial charge in [0.25, 0.3) is 0 Å². The number of carbonyl (C=O) groups excluding carboxylic acids is 1. The summed E-state index contributed by atoms with van der Waals surface area (Å²) < 4.78 is 0. The number of aliphatic hydroxyl groups is 1. The van der Waals surface area contributed by atoms with Gasteiger partial charge < -0.3 is 10.4 Å². The van der Waals surface area contributed by atoms with Crippen molar-refractivity contribution in [2.45, 2.75) is 39.5 Å². The van der Waals surface area contributed by atoms with Crippen molar-refractivity contribution in [3.63, 3.8) is 0 Å². The van der Waals surface area contributed by atoms with E-state index in [9.17, 15) is 4.79 Å². The number of nitrogens with zero attached hydrogens (tertiary/aromatic N) is 1. The molecule has 0 aromatic heterocycles. The molecular weight excluding hydrogens is 276 g/mol. The van der Waals surface area contributed by atoms with Crippen molar-refractivity contribution in [1.82, 2.24) is 5.32 Å². The van der Waals surface area contributed by atoms with Crippen LogP contribution in [-0.4, -0.2) is 30.8 Å². The number of aliphatic hydroxyl groups excluding tert-OH is 1. The number of nitrogens with one attached hydrogen (secondary N) is 1. The van der Waals surface area contributed by atoms with Crippen molar-refractivity contribution >= 4 is 11.7 Å². The number of carbonyl (C=O) groups is 1. The summed E-state index contributed by atoms with van der Waals surface area (Å²) in [4.78, 5) is 14.3. The molecule has 1 aromatic carbocycles. The highest BCUT2D eigenvalue weighted by molar-refractivity contribution is 5.94. The van der Waals surface area contributed by atoms with Gasteiger partial charge in [0.15, 0.2) is 0 Å². The summed E-state index contributed by atoms with van der Waals surface area (Å²) in [6.45, 7) is 8.04. The first kappa shape index (κ1) is 16.8. The molecule has 122 valence electrons. The topological polar surface area (TPSA) is 52.6 Å². The quantitative estimate of drug-likeness (QED) is 0.846. The maximum absolute atomic E-state index is 12.5. The van der Waals surface area contributed by atoms with Crippen LogP contribution >= 0.6 is 0 Å². The average Bonchev–Trinajstić information content (AvgIpc) is 2.82. The third-order valence-corrected chi connectivity index (χ3v) is 4.34. The number of urea groups is 1. The maximum atomic E-state index is 12.5. The molecule has 2 unspecified atom stereocenters. The lowest BCUT2D eigenvalue weighted by atomic mass is 9.94. The fourth-order valence-corrected chi connectivity index (χ4v) is 3.29. The predicted octanol–water partition coefficient (Wildman–Crippen LogP) is 3.36. The molecule has 4 heteroatoms. The highest BCUT2D eigenvalue weighted by atomic mass is 16.3. The molecule has 1 aliphatic heterocycles. The molecule has 2 amide bonds. The van der Waals surface area contributed by atoms with E-state index in [1.165, 1.54) is 5.56 Å². The number of para-hydroxylation sites is 1. The minimum atomic E-state index is -0.0245. The van der Waals surface area contributed by atoms with E-state index in [0.29, 0.717) is 24.3 Å². The summed E-state index contributed by atoms with van der Waals surface area (Å²) in [6, 6.07) is 8.09. The van der Waals surface area contributed by atoms with Crippen LogP contribution in [0.5, 0.6) is 0 Å². The minimum Gasteiger partial charge on any atom is -0.396 e. The van der Waals surface area contributed by atoms with Crippen LogP contribution in [0.2, 0.25) is 0 Å². The van der Waals surface area contributed by atoms with Gasteiger partial charge in [0.1, 0.15) is 0 Å². The summed E-state index contributed by atoms with van der Waals surface area (Å²) in [5, 5.41) is 12.2. The standard InChI is InChI=1S/C18H28N2O2/c1-13(2)10-15(8-9-21)11-19-18(22)20-12-14(3)16-6-4-5-7-17(16)20/h4-7,13-15,21H,8-12H2,1-3H3,(H,19,22). The first-order valence-corrected chi connectivity index (χ1v) is 8.28. The molecule has 0 spiro atoms. The van der Waals surface area contributed by atoms with Crippen molar-refractivity contribution < 1.29 is 9.90 Å². The van der Waals surface area contributed by atoms with E-state index in [4.69, 9.17) is 5.11 Å². The second kappa shape index (κ2) is 7.63. The Bertz CT molecular complexity index is 502. The van der Waals surface area contributed by atoms with E-state index < -0.39 is 0 Å². The maximum Gasteiger partial charge on any atom is 0.321 e. The molecule has 2 N–H and O–H groups in total. The summed E-state index contributed by atoms with van der Waals surface area (Å²) in [6.07, 6.45) is 1.76. The molecule has 1 aromatic rings. The molecule has 2 rings (SSSR count). The van der Waals surface area contributed by atoms with Crippen LogP contribution < -0.4 is 10.2 Å². The second-order valence-corrected chi connectivity index (χ2v) is 6.76. The number of benzene rings is 1. The Labute approximate surface area is 133 Å². The first-order chi connectivity index (χ1) is 10.5. The number of rotatable bonds is 6. The van der Waals surface area contributed by atoms with Crippen LogP contribution in [0.1, 0.15) is 45.1 Å². The number of fused-ring (bicyclic) bond motifs is 1. The Morgan fingerprint density at radius 1 is 1.41 bits per heavy atom. The molecule has 1 aliphatic rings. The van der Waals surface area contributed by atoms with E-state index >= 15 is 0 Å². The minimum absolute atomic E-state index is 0.0245. The van der Waals surface area contributed by atoms with E-state index in [1.54, 1.807) is 0 Å². The molecule has 1 heterocycles. The molecule has 0 saturated heterocycles. The average molecular weight is 304 g/mol. The zero-order valence-corrected chi connectivity index (χ0v) is 13.9. The molecular formula is C18H28N2O2. The predicted molar refractivity (Wildman–Crippen MR) is 90.2 cm³/mol. The first-order valence-electron chi connectivity index (χ1n) is 8.28. The molecule has 0 saturated carbocycles. The van der Waals surface area contributed by atoms with Gasteiger partial charge in [-0.05, 0) is 36.3 Å². The lowest BCUT2D eigenvalue weighted by molar-refractivity contribution is 0.228. The largest absolute Gasteiger partial charge is 0.396 e. The SMILES string of the molecule is CC(C)CC(CCO)CNC(=O)N1CC(C)c2ccccc21. The van der Waals surface area contributed by atoms with Gasteiger partial charge in [-0.1, -0.05) is 39.0 Å². The monoisotopic (exact) mass is 304 g/mol. The van der Waals surface area contributed by atoms with Gasteiger partial charge in [0, 0.05) is 31.3 Å². The zero-order valence-electron chi connectivity index (χ0n) is 13.9. The van der Waals surface area contributed by atoms with Gasteiger partial charge in [0.05, 0.1) is 0 Å². The molecule has 2 atom stereocenters. The molecule has 4 nitrogen and oxygen atoms in total. The van der Waals surface area contributed by atoms with Crippen LogP contribution in [0.15, 0.2) is 24.3 Å². The molecule has 0 fully saturated rings. The summed E-state index contributed by atoms with van der Waals surface area (Å²) >= 11 is 0. The van der Waals surface area contributed by atoms with Crippen LogP contribution in [0, 0.1) is 11.8 Å². The number of amides is 2. The van der Waals surface area contributed by atoms with Crippen molar-refractivity contribution in [3.05, 3.63) is 29.8 Å². The molecule has 0 radical (unpaired) electrons. The Morgan fingerprint density at radius 2 is 2.14 bits per heavy atom. The van der Waals surface area contributed by atoms with Crippen molar-refractivity contribution in [2.75, 3.05) is 24.6 Å². The van der Waals surface area contributed by atoms with E-state index in [1.807, 2.05) is 23.1 Å². The normalized spacial score (nSPS) is 18.4. The van der Waals surface area contributed by atoms with Crippen LogP contribution in [0.3, 0.4) is 0 Å². The highest BCUT2D eigenvalue weighted by Gasteiger charge is 2.29. The van der Waals surface area contributed by atoms with Gasteiger partial charge in [0.2, 0.25) is 0 Å². The van der Waals surface area contributed by atoms with Gasteiger partial charge in [-0.2, -0.15) is 0 Å². The Morgan fingerprint density at radius 3 is 2.82 bits per heavy atom. The van der Waals surface area contributed by atoms with Crippen LogP contribution in [-0.2, 0) is 0 Å². The highest BCUT2D eigenvalue weighted by Crippen LogP contribution is 2.35. The smallest absolute Gasteiger partial charge is 0.321 e. The third kappa shape index (κ3) is 4.01. The summed E-state index contributed by atoms with van der Waals surface area (Å²) in [7, 11) is 0. The third-order valence-electron chi connectivity index (χ3n) is 4.34. The number of anilines is 1. The fraction of sp³-hybridized carbons (Fsp3) is 0.611. The van der Waals surface area contributed by atoms with Crippen molar-refractivity contribution in [1.29, 1.82) is 0 Å². The summed E-state index contributed by atoms with van der Waals surface area (Å²) in [5.74, 6) is 1.29. The van der Waals surface area contributed by atoms with Gasteiger partial charge in [-0.3, -0.25) is 4.90 Å². The number of hydrogen-bond donors (Lipinski definition) is 2. The Balaban J connectivity index is 1.95. The van der Waals surface area contributed by atoms with Crippen LogP contribution in [0.25, 0.3) is 0 Å². The summed E-state index contributed by atoms with van der Waals surface area (Å²) in [5.41, 5.74) is 2.27. The molecule has 0 aliphatic carbocycles. The second-order valence-electron chi connectivity index (χ2n) is 6.76. The van der Waals surface area contributed by atoms with Crippen LogP contribution in [0.4, 0.5) is 10.5 Å².